The predicted molar refractivity (Wildman–Crippen MR) is 71.5 cm³/mol. The van der Waals surface area contributed by atoms with Crippen LogP contribution in [0.5, 0.6) is 0 Å². The number of hydrogen-bond donors (Lipinski definition) is 2. The topological polar surface area (TPSA) is 97.1 Å². The van der Waals surface area contributed by atoms with Gasteiger partial charge in [0.05, 0.1) is 5.69 Å². The fourth-order valence-corrected chi connectivity index (χ4v) is 1.61. The first-order valence-corrected chi connectivity index (χ1v) is 5.75. The lowest BCUT2D eigenvalue weighted by Crippen LogP contribution is -2.12. The van der Waals surface area contributed by atoms with E-state index in [0.717, 1.165) is 18.0 Å². The number of aliphatic carboxylic acids is 1. The summed E-state index contributed by atoms with van der Waals surface area (Å²) in [6.45, 7) is 1.81. The highest BCUT2D eigenvalue weighted by Gasteiger charge is 2.09. The second-order valence-corrected chi connectivity index (χ2v) is 3.88. The number of carboxylic acid groups (broad SMARTS) is 1. The summed E-state index contributed by atoms with van der Waals surface area (Å²) in [6, 6.07) is 3.35. The maximum Gasteiger partial charge on any atom is 0.328 e. The van der Waals surface area contributed by atoms with Gasteiger partial charge in [0.25, 0.3) is 0 Å². The smallest absolute Gasteiger partial charge is 0.328 e. The number of carboxylic acids is 1. The van der Waals surface area contributed by atoms with E-state index >= 15 is 0 Å². The molecule has 0 aromatic carbocycles. The van der Waals surface area contributed by atoms with E-state index in [4.69, 9.17) is 5.11 Å². The largest absolute Gasteiger partial charge is 0.478 e. The SMILES string of the molecule is Cc1nccn1-c1ncccc1NC(=O)/C=C/C(=O)O. The Morgan fingerprint density at radius 3 is 2.75 bits per heavy atom. The van der Waals surface area contributed by atoms with Crippen LogP contribution in [-0.2, 0) is 9.59 Å². The van der Waals surface area contributed by atoms with Crippen molar-refractivity contribution in [3.8, 4) is 5.82 Å². The molecule has 2 aromatic rings. The fourth-order valence-electron chi connectivity index (χ4n) is 1.61. The number of amides is 1. The van der Waals surface area contributed by atoms with Gasteiger partial charge in [0.2, 0.25) is 5.91 Å². The van der Waals surface area contributed by atoms with Crippen LogP contribution >= 0.6 is 0 Å². The average molecular weight is 272 g/mol. The van der Waals surface area contributed by atoms with Crippen LogP contribution in [0.25, 0.3) is 5.82 Å². The van der Waals surface area contributed by atoms with Gasteiger partial charge in [-0.2, -0.15) is 0 Å². The number of rotatable bonds is 4. The van der Waals surface area contributed by atoms with Crippen LogP contribution in [0.1, 0.15) is 5.82 Å². The quantitative estimate of drug-likeness (QED) is 0.814. The lowest BCUT2D eigenvalue weighted by Gasteiger charge is -2.10. The van der Waals surface area contributed by atoms with Crippen molar-refractivity contribution in [2.75, 3.05) is 5.32 Å². The number of carbonyl (C=O) groups is 2. The first kappa shape index (κ1) is 13.5. The highest BCUT2D eigenvalue weighted by molar-refractivity contribution is 6.03. The molecule has 0 unspecified atom stereocenters. The van der Waals surface area contributed by atoms with E-state index in [0.29, 0.717) is 11.5 Å². The maximum atomic E-state index is 11.6. The molecule has 1 amide bonds. The minimum absolute atomic E-state index is 0.466. The normalized spacial score (nSPS) is 10.7. The molecule has 0 saturated carbocycles. The highest BCUT2D eigenvalue weighted by Crippen LogP contribution is 2.18. The second-order valence-electron chi connectivity index (χ2n) is 3.88. The number of nitrogens with one attached hydrogen (secondary N) is 1. The molecule has 20 heavy (non-hydrogen) atoms. The summed E-state index contributed by atoms with van der Waals surface area (Å²) < 4.78 is 1.72. The Kier molecular flexibility index (Phi) is 3.90. The van der Waals surface area contributed by atoms with Crippen LogP contribution in [0.3, 0.4) is 0 Å². The average Bonchev–Trinajstić information content (AvgIpc) is 2.83. The minimum Gasteiger partial charge on any atom is -0.478 e. The second kappa shape index (κ2) is 5.79. The molecule has 0 fully saturated rings. The van der Waals surface area contributed by atoms with Crippen molar-refractivity contribution in [1.82, 2.24) is 14.5 Å². The lowest BCUT2D eigenvalue weighted by atomic mass is 10.3. The van der Waals surface area contributed by atoms with E-state index < -0.39 is 11.9 Å². The molecule has 0 spiro atoms. The molecule has 7 nitrogen and oxygen atoms in total. The monoisotopic (exact) mass is 272 g/mol. The van der Waals surface area contributed by atoms with Crippen LogP contribution in [0.2, 0.25) is 0 Å². The zero-order valence-corrected chi connectivity index (χ0v) is 10.6. The first-order chi connectivity index (χ1) is 9.58. The predicted octanol–water partition coefficient (Wildman–Crippen LogP) is 1.16. The van der Waals surface area contributed by atoms with E-state index in [1.807, 2.05) is 6.92 Å². The van der Waals surface area contributed by atoms with Gasteiger partial charge < -0.3 is 10.4 Å². The van der Waals surface area contributed by atoms with Crippen LogP contribution in [0.15, 0.2) is 42.9 Å². The number of carbonyl (C=O) groups excluding carboxylic acids is 1. The zero-order valence-electron chi connectivity index (χ0n) is 10.6. The molecule has 0 aliphatic heterocycles. The summed E-state index contributed by atoms with van der Waals surface area (Å²) in [6.07, 6.45) is 6.66. The Hall–Kier alpha value is -2.96. The molecule has 0 aliphatic carbocycles. The van der Waals surface area contributed by atoms with Gasteiger partial charge >= 0.3 is 5.97 Å². The Morgan fingerprint density at radius 1 is 1.30 bits per heavy atom. The molecule has 2 N–H and O–H groups in total. The third-order valence-corrected chi connectivity index (χ3v) is 2.48. The minimum atomic E-state index is -1.18. The van der Waals surface area contributed by atoms with E-state index in [-0.39, 0.29) is 0 Å². The maximum absolute atomic E-state index is 11.6. The molecule has 0 saturated heterocycles. The third-order valence-electron chi connectivity index (χ3n) is 2.48. The van der Waals surface area contributed by atoms with Crippen molar-refractivity contribution < 1.29 is 14.7 Å². The molecule has 0 bridgehead atoms. The van der Waals surface area contributed by atoms with Crippen molar-refractivity contribution >= 4 is 17.6 Å². The van der Waals surface area contributed by atoms with E-state index in [2.05, 4.69) is 15.3 Å². The van der Waals surface area contributed by atoms with E-state index in [9.17, 15) is 9.59 Å². The molecule has 0 radical (unpaired) electrons. The highest BCUT2D eigenvalue weighted by atomic mass is 16.4. The van der Waals surface area contributed by atoms with Crippen molar-refractivity contribution in [2.45, 2.75) is 6.92 Å². The summed E-state index contributed by atoms with van der Waals surface area (Å²) >= 11 is 0. The molecule has 2 rings (SSSR count). The summed E-state index contributed by atoms with van der Waals surface area (Å²) in [5.41, 5.74) is 0.466. The van der Waals surface area contributed by atoms with Gasteiger partial charge in [-0.15, -0.1) is 0 Å². The van der Waals surface area contributed by atoms with E-state index in [1.165, 1.54) is 0 Å². The fraction of sp³-hybridized carbons (Fsp3) is 0.0769. The first-order valence-electron chi connectivity index (χ1n) is 5.75. The summed E-state index contributed by atoms with van der Waals surface area (Å²) in [4.78, 5) is 30.3. The summed E-state index contributed by atoms with van der Waals surface area (Å²) in [5.74, 6) is -0.490. The number of aryl methyl sites for hydroxylation is 1. The van der Waals surface area contributed by atoms with Gasteiger partial charge in [0.1, 0.15) is 5.82 Å². The van der Waals surface area contributed by atoms with Gasteiger partial charge in [-0.25, -0.2) is 14.8 Å². The standard InChI is InChI=1S/C13H12N4O3/c1-9-14-7-8-17(9)13-10(3-2-6-15-13)16-11(18)4-5-12(19)20/h2-8H,1H3,(H,16,18)(H,19,20)/b5-4+. The van der Waals surface area contributed by atoms with Crippen LogP contribution in [0.4, 0.5) is 5.69 Å². The Balaban J connectivity index is 2.28. The Morgan fingerprint density at radius 2 is 2.10 bits per heavy atom. The van der Waals surface area contributed by atoms with Crippen molar-refractivity contribution in [1.29, 1.82) is 0 Å². The van der Waals surface area contributed by atoms with Gasteiger partial charge in [0.15, 0.2) is 5.82 Å². The van der Waals surface area contributed by atoms with Gasteiger partial charge in [-0.3, -0.25) is 9.36 Å². The van der Waals surface area contributed by atoms with Gasteiger partial charge in [-0.1, -0.05) is 0 Å². The molecular formula is C13H12N4O3. The molecule has 102 valence electrons. The van der Waals surface area contributed by atoms with Gasteiger partial charge in [0, 0.05) is 30.7 Å². The number of nitrogens with zero attached hydrogens (tertiary/aromatic N) is 3. The zero-order chi connectivity index (χ0) is 14.5. The lowest BCUT2D eigenvalue weighted by molar-refractivity contribution is -0.131. The van der Waals surface area contributed by atoms with Crippen molar-refractivity contribution in [3.63, 3.8) is 0 Å². The number of anilines is 1. The van der Waals surface area contributed by atoms with Crippen molar-refractivity contribution in [2.24, 2.45) is 0 Å². The number of aromatic nitrogens is 3. The van der Waals surface area contributed by atoms with E-state index in [1.54, 1.807) is 35.3 Å². The molecule has 0 aliphatic rings. The van der Waals surface area contributed by atoms with Crippen LogP contribution < -0.4 is 5.32 Å². The molecule has 0 atom stereocenters. The Labute approximate surface area is 114 Å². The number of pyridine rings is 1. The van der Waals surface area contributed by atoms with Gasteiger partial charge in [-0.05, 0) is 19.1 Å². The Bertz CT molecular complexity index is 676. The van der Waals surface area contributed by atoms with Crippen LogP contribution in [-0.4, -0.2) is 31.5 Å². The van der Waals surface area contributed by atoms with Crippen LogP contribution in [0, 0.1) is 6.92 Å². The van der Waals surface area contributed by atoms with Crippen molar-refractivity contribution in [3.05, 3.63) is 48.7 Å². The summed E-state index contributed by atoms with van der Waals surface area (Å²) in [5, 5.41) is 11.1. The number of hydrogen-bond acceptors (Lipinski definition) is 4. The molecule has 7 heteroatoms. The number of imidazole rings is 1. The summed E-state index contributed by atoms with van der Waals surface area (Å²) in [7, 11) is 0. The molecule has 2 aromatic heterocycles. The third kappa shape index (κ3) is 3.08. The molecule has 2 heterocycles. The molecular weight excluding hydrogens is 260 g/mol.